The Labute approximate surface area is 177 Å². The number of hydrogen-bond donors (Lipinski definition) is 2. The number of rotatable bonds is 8. The zero-order valence-electron chi connectivity index (χ0n) is 16.5. The van der Waals surface area contributed by atoms with Gasteiger partial charge in [-0.05, 0) is 24.1 Å². The van der Waals surface area contributed by atoms with E-state index in [0.717, 1.165) is 17.0 Å². The van der Waals surface area contributed by atoms with E-state index in [1.807, 2.05) is 0 Å². The number of amides is 3. The number of benzene rings is 2. The van der Waals surface area contributed by atoms with Gasteiger partial charge in [0.1, 0.15) is 23.7 Å². The number of nitrogens with one attached hydrogen (secondary N) is 1. The molecule has 0 aromatic heterocycles. The Morgan fingerprint density at radius 2 is 1.71 bits per heavy atom. The monoisotopic (exact) mass is 429 g/mol. The first-order valence-corrected chi connectivity index (χ1v) is 9.68. The van der Waals surface area contributed by atoms with Crippen LogP contribution in [0.5, 0.6) is 0 Å². The summed E-state index contributed by atoms with van der Waals surface area (Å²) in [5.41, 5.74) is 5.39. The van der Waals surface area contributed by atoms with E-state index in [4.69, 9.17) is 5.73 Å². The minimum absolute atomic E-state index is 0.0922. The van der Waals surface area contributed by atoms with Crippen molar-refractivity contribution >= 4 is 23.5 Å². The van der Waals surface area contributed by atoms with Crippen LogP contribution in [0.15, 0.2) is 48.5 Å². The third-order valence-corrected chi connectivity index (χ3v) is 5.16. The van der Waals surface area contributed by atoms with Gasteiger partial charge in [0.25, 0.3) is 5.91 Å². The van der Waals surface area contributed by atoms with Gasteiger partial charge >= 0.3 is 0 Å². The van der Waals surface area contributed by atoms with Crippen LogP contribution in [0, 0.1) is 11.6 Å². The van der Waals surface area contributed by atoms with Crippen molar-refractivity contribution in [1.82, 2.24) is 10.2 Å². The Balaban J connectivity index is 2.03. The van der Waals surface area contributed by atoms with Gasteiger partial charge in [0, 0.05) is 18.4 Å². The predicted molar refractivity (Wildman–Crippen MR) is 106 cm³/mol. The van der Waals surface area contributed by atoms with Crippen molar-refractivity contribution in [2.24, 2.45) is 5.73 Å². The summed E-state index contributed by atoms with van der Waals surface area (Å²) in [5.74, 6) is -5.22. The van der Waals surface area contributed by atoms with E-state index >= 15 is 0 Å². The van der Waals surface area contributed by atoms with Gasteiger partial charge in [0.2, 0.25) is 17.6 Å². The Hall–Kier alpha value is -3.62. The molecule has 2 aromatic rings. The van der Waals surface area contributed by atoms with Crippen LogP contribution in [0.3, 0.4) is 0 Å². The number of nitrogens with zero attached hydrogens (tertiary/aromatic N) is 1. The van der Waals surface area contributed by atoms with Gasteiger partial charge in [-0.15, -0.1) is 0 Å². The maximum absolute atomic E-state index is 14.3. The zero-order valence-corrected chi connectivity index (χ0v) is 16.5. The van der Waals surface area contributed by atoms with Crippen molar-refractivity contribution < 1.29 is 28.0 Å². The summed E-state index contributed by atoms with van der Waals surface area (Å²) in [6.07, 6.45) is 0.174. The molecule has 3 N–H and O–H groups in total. The fraction of sp³-hybridized carbons (Fsp3) is 0.273. The third kappa shape index (κ3) is 5.11. The lowest BCUT2D eigenvalue weighted by atomic mass is 9.98. The first-order chi connectivity index (χ1) is 14.8. The van der Waals surface area contributed by atoms with Gasteiger partial charge in [-0.2, -0.15) is 0 Å². The minimum Gasteiger partial charge on any atom is -0.363 e. The zero-order chi connectivity index (χ0) is 22.5. The Bertz CT molecular complexity index is 993. The number of Topliss-reactive ketones (excluding diaryl/α,β-unsaturated/α-hetero) is 1. The normalized spacial score (nSPS) is 16.5. The van der Waals surface area contributed by atoms with Crippen LogP contribution in [0.1, 0.15) is 24.0 Å². The van der Waals surface area contributed by atoms with Gasteiger partial charge in [-0.3, -0.25) is 19.2 Å². The molecule has 1 aliphatic rings. The van der Waals surface area contributed by atoms with Gasteiger partial charge in [0.05, 0.1) is 6.54 Å². The first kappa shape index (κ1) is 22.1. The fourth-order valence-electron chi connectivity index (χ4n) is 3.54. The van der Waals surface area contributed by atoms with E-state index in [1.54, 1.807) is 30.3 Å². The smallest absolute Gasteiger partial charge is 0.287 e. The number of carbonyl (C=O) groups is 4. The van der Waals surface area contributed by atoms with Crippen molar-refractivity contribution in [1.29, 1.82) is 0 Å². The molecule has 1 saturated heterocycles. The van der Waals surface area contributed by atoms with E-state index in [9.17, 15) is 28.0 Å². The van der Waals surface area contributed by atoms with Gasteiger partial charge in [0.15, 0.2) is 0 Å². The highest BCUT2D eigenvalue weighted by Gasteiger charge is 2.39. The summed E-state index contributed by atoms with van der Waals surface area (Å²) in [7, 11) is 0. The lowest BCUT2D eigenvalue weighted by Gasteiger charge is -2.32. The van der Waals surface area contributed by atoms with Crippen molar-refractivity contribution in [3.05, 3.63) is 71.3 Å². The van der Waals surface area contributed by atoms with Crippen LogP contribution in [0.4, 0.5) is 8.78 Å². The molecule has 0 bridgehead atoms. The predicted octanol–water partition coefficient (Wildman–Crippen LogP) is 1.24. The van der Waals surface area contributed by atoms with E-state index < -0.39 is 53.4 Å². The second kappa shape index (κ2) is 9.46. The van der Waals surface area contributed by atoms with E-state index in [-0.39, 0.29) is 25.2 Å². The average molecular weight is 429 g/mol. The number of nitrogens with two attached hydrogens (primary N) is 1. The molecular formula is C22H21F2N3O4. The fourth-order valence-corrected chi connectivity index (χ4v) is 3.54. The Morgan fingerprint density at radius 1 is 1.06 bits per heavy atom. The minimum atomic E-state index is -1.40. The molecule has 0 saturated carbocycles. The summed E-state index contributed by atoms with van der Waals surface area (Å²) in [6.45, 7) is -0.611. The molecule has 1 heterocycles. The number of primary amides is 1. The lowest BCUT2D eigenvalue weighted by Crippen LogP contribution is -2.54. The number of carbonyl (C=O) groups excluding carboxylic acids is 4. The molecule has 0 aliphatic carbocycles. The molecule has 2 aromatic carbocycles. The molecule has 0 radical (unpaired) electrons. The van der Waals surface area contributed by atoms with Crippen LogP contribution in [-0.2, 0) is 32.1 Å². The quantitative estimate of drug-likeness (QED) is 0.615. The molecule has 7 nitrogen and oxygen atoms in total. The maximum atomic E-state index is 14.3. The van der Waals surface area contributed by atoms with E-state index in [2.05, 4.69) is 5.32 Å². The highest BCUT2D eigenvalue weighted by atomic mass is 19.1. The summed E-state index contributed by atoms with van der Waals surface area (Å²) < 4.78 is 28.7. The van der Waals surface area contributed by atoms with E-state index in [1.165, 1.54) is 6.07 Å². The molecule has 162 valence electrons. The Kier molecular flexibility index (Phi) is 6.74. The molecule has 9 heteroatoms. The summed E-state index contributed by atoms with van der Waals surface area (Å²) in [5, 5.41) is 2.49. The van der Waals surface area contributed by atoms with Crippen LogP contribution in [0.25, 0.3) is 0 Å². The summed E-state index contributed by atoms with van der Waals surface area (Å²) >= 11 is 0. The molecule has 31 heavy (non-hydrogen) atoms. The highest BCUT2D eigenvalue weighted by Crippen LogP contribution is 2.22. The number of hydrogen-bond acceptors (Lipinski definition) is 4. The average Bonchev–Trinajstić information content (AvgIpc) is 3.18. The van der Waals surface area contributed by atoms with Gasteiger partial charge in [-0.1, -0.05) is 36.4 Å². The van der Waals surface area contributed by atoms with Crippen LogP contribution in [0.2, 0.25) is 0 Å². The van der Waals surface area contributed by atoms with Crippen molar-refractivity contribution in [3.8, 4) is 0 Å². The standard InChI is InChI=1S/C22H21F2N3O4/c23-15-7-4-8-16(24)14(15)12-27(22(31)17-9-10-19(28)26-17)18(20(29)21(25)30)11-13-5-2-1-3-6-13/h1-8,17-18H,9-12H2,(H2,25,30)(H,26,28). The topological polar surface area (TPSA) is 110 Å². The molecule has 1 fully saturated rings. The number of halogens is 2. The molecule has 1 aliphatic heterocycles. The lowest BCUT2D eigenvalue weighted by molar-refractivity contribution is -0.146. The van der Waals surface area contributed by atoms with Crippen LogP contribution in [-0.4, -0.2) is 40.5 Å². The first-order valence-electron chi connectivity index (χ1n) is 9.68. The van der Waals surface area contributed by atoms with Crippen molar-refractivity contribution in [2.75, 3.05) is 0 Å². The molecule has 3 amide bonds. The molecular weight excluding hydrogens is 408 g/mol. The molecule has 3 rings (SSSR count). The maximum Gasteiger partial charge on any atom is 0.287 e. The van der Waals surface area contributed by atoms with Gasteiger partial charge in [-0.25, -0.2) is 8.78 Å². The largest absolute Gasteiger partial charge is 0.363 e. The number of ketones is 1. The van der Waals surface area contributed by atoms with Gasteiger partial charge < -0.3 is 16.0 Å². The second-order valence-electron chi connectivity index (χ2n) is 7.26. The molecule has 2 unspecified atom stereocenters. The molecule has 2 atom stereocenters. The van der Waals surface area contributed by atoms with Crippen molar-refractivity contribution in [2.45, 2.75) is 37.9 Å². The summed E-state index contributed by atoms with van der Waals surface area (Å²) in [6, 6.07) is 9.40. The SMILES string of the molecule is NC(=O)C(=O)C(Cc1ccccc1)N(Cc1c(F)cccc1F)C(=O)C1CCC(=O)N1. The molecule has 0 spiro atoms. The summed E-state index contributed by atoms with van der Waals surface area (Å²) in [4.78, 5) is 50.2. The Morgan fingerprint density at radius 3 is 2.26 bits per heavy atom. The van der Waals surface area contributed by atoms with E-state index in [0.29, 0.717) is 5.56 Å². The van der Waals surface area contributed by atoms with Crippen LogP contribution >= 0.6 is 0 Å². The third-order valence-electron chi connectivity index (χ3n) is 5.16. The van der Waals surface area contributed by atoms with Crippen molar-refractivity contribution in [3.63, 3.8) is 0 Å². The van der Waals surface area contributed by atoms with Crippen LogP contribution < -0.4 is 11.1 Å². The highest BCUT2D eigenvalue weighted by molar-refractivity contribution is 6.37. The second-order valence-corrected chi connectivity index (χ2v) is 7.26.